The Balaban J connectivity index is 1.97. The molecule has 0 amide bonds. The van der Waals surface area contributed by atoms with Crippen molar-refractivity contribution in [1.82, 2.24) is 0 Å². The normalized spacial score (nSPS) is 49.6. The molecule has 1 heteroatoms. The molecule has 0 heterocycles. The average Bonchev–Trinajstić information content (AvgIpc) is 2.66. The molecule has 0 aromatic heterocycles. The molecule has 0 unspecified atom stereocenters. The zero-order valence-corrected chi connectivity index (χ0v) is 15.1. The van der Waals surface area contributed by atoms with E-state index in [2.05, 4.69) is 27.7 Å². The number of fused-ring (bicyclic) bond motifs is 3. The Morgan fingerprint density at radius 1 is 0.810 bits per heavy atom. The van der Waals surface area contributed by atoms with Crippen LogP contribution >= 0.6 is 0 Å². The summed E-state index contributed by atoms with van der Waals surface area (Å²) in [5, 5.41) is 10.7. The van der Waals surface area contributed by atoms with E-state index in [0.717, 1.165) is 11.8 Å². The highest BCUT2D eigenvalue weighted by atomic mass is 16.3. The molecule has 0 aliphatic heterocycles. The molecule has 3 aliphatic carbocycles. The second-order valence-electron chi connectivity index (χ2n) is 10.3. The maximum Gasteiger partial charge on any atom is 0.0625 e. The van der Waals surface area contributed by atoms with Gasteiger partial charge in [0.25, 0.3) is 0 Å². The Kier molecular flexibility index (Phi) is 3.39. The molecule has 5 atom stereocenters. The third-order valence-electron chi connectivity index (χ3n) is 8.23. The summed E-state index contributed by atoms with van der Waals surface area (Å²) >= 11 is 0. The van der Waals surface area contributed by atoms with Crippen molar-refractivity contribution in [3.63, 3.8) is 0 Å². The van der Waals surface area contributed by atoms with Crippen LogP contribution in [0.3, 0.4) is 0 Å². The fraction of sp³-hybridized carbons (Fsp3) is 1.00. The van der Waals surface area contributed by atoms with Gasteiger partial charge in [-0.3, -0.25) is 0 Å². The molecule has 1 nitrogen and oxygen atoms in total. The average molecular weight is 293 g/mol. The maximum atomic E-state index is 10.7. The first-order chi connectivity index (χ1) is 9.52. The van der Waals surface area contributed by atoms with Gasteiger partial charge in [0.05, 0.1) is 5.60 Å². The van der Waals surface area contributed by atoms with Gasteiger partial charge in [-0.2, -0.15) is 0 Å². The van der Waals surface area contributed by atoms with Crippen LogP contribution in [0.5, 0.6) is 0 Å². The Hall–Kier alpha value is -0.0400. The lowest BCUT2D eigenvalue weighted by Gasteiger charge is -2.62. The molecular weight excluding hydrogens is 256 g/mol. The van der Waals surface area contributed by atoms with E-state index >= 15 is 0 Å². The van der Waals surface area contributed by atoms with Gasteiger partial charge in [-0.1, -0.05) is 34.1 Å². The molecule has 3 fully saturated rings. The lowest BCUT2D eigenvalue weighted by Crippen LogP contribution is -2.56. The molecule has 0 spiro atoms. The fourth-order valence-electron chi connectivity index (χ4n) is 7.59. The van der Waals surface area contributed by atoms with Gasteiger partial charge in [0.1, 0.15) is 0 Å². The summed E-state index contributed by atoms with van der Waals surface area (Å²) in [6.45, 7) is 14.2. The summed E-state index contributed by atoms with van der Waals surface area (Å²) in [6, 6.07) is 0. The zero-order chi connectivity index (χ0) is 15.7. The van der Waals surface area contributed by atoms with Gasteiger partial charge >= 0.3 is 0 Å². The highest BCUT2D eigenvalue weighted by Gasteiger charge is 2.63. The minimum atomic E-state index is -0.517. The summed E-state index contributed by atoms with van der Waals surface area (Å²) in [7, 11) is 0. The number of aliphatic hydroxyl groups is 1. The van der Waals surface area contributed by atoms with Crippen molar-refractivity contribution in [2.75, 3.05) is 0 Å². The minimum absolute atomic E-state index is 0.358. The van der Waals surface area contributed by atoms with Gasteiger partial charge in [-0.25, -0.2) is 0 Å². The van der Waals surface area contributed by atoms with Crippen LogP contribution in [0.15, 0.2) is 0 Å². The van der Waals surface area contributed by atoms with E-state index in [-0.39, 0.29) is 0 Å². The van der Waals surface area contributed by atoms with Crippen LogP contribution in [0.25, 0.3) is 0 Å². The summed E-state index contributed by atoms with van der Waals surface area (Å²) in [5.74, 6) is 2.19. The van der Waals surface area contributed by atoms with Crippen LogP contribution < -0.4 is 0 Å². The molecule has 3 rings (SSSR count). The summed E-state index contributed by atoms with van der Waals surface area (Å²) in [4.78, 5) is 0. The van der Waals surface area contributed by atoms with Crippen molar-refractivity contribution in [2.45, 2.75) is 92.1 Å². The first-order valence-electron chi connectivity index (χ1n) is 9.24. The highest BCUT2D eigenvalue weighted by Crippen LogP contribution is 2.70. The smallest absolute Gasteiger partial charge is 0.0625 e. The van der Waals surface area contributed by atoms with E-state index < -0.39 is 5.60 Å². The van der Waals surface area contributed by atoms with E-state index in [1.807, 2.05) is 13.8 Å². The first kappa shape index (κ1) is 15.8. The molecule has 21 heavy (non-hydrogen) atoms. The molecule has 1 N–H and O–H groups in total. The van der Waals surface area contributed by atoms with Gasteiger partial charge < -0.3 is 5.11 Å². The summed E-state index contributed by atoms with van der Waals surface area (Å²) in [5.41, 5.74) is 0.865. The van der Waals surface area contributed by atoms with Crippen LogP contribution in [-0.2, 0) is 0 Å². The van der Waals surface area contributed by atoms with Crippen molar-refractivity contribution >= 4 is 0 Å². The second-order valence-corrected chi connectivity index (χ2v) is 10.3. The van der Waals surface area contributed by atoms with Gasteiger partial charge in [0, 0.05) is 0 Å². The zero-order valence-electron chi connectivity index (χ0n) is 15.1. The Labute approximate surface area is 131 Å². The largest absolute Gasteiger partial charge is 0.390 e. The van der Waals surface area contributed by atoms with Crippen LogP contribution in [-0.4, -0.2) is 10.7 Å². The Morgan fingerprint density at radius 2 is 1.48 bits per heavy atom. The van der Waals surface area contributed by atoms with E-state index in [0.29, 0.717) is 22.2 Å². The predicted molar refractivity (Wildman–Crippen MR) is 89.1 cm³/mol. The minimum Gasteiger partial charge on any atom is -0.390 e. The van der Waals surface area contributed by atoms with Crippen molar-refractivity contribution in [2.24, 2.45) is 34.0 Å². The molecular formula is C20H36O. The van der Waals surface area contributed by atoms with Crippen LogP contribution in [0, 0.1) is 34.0 Å². The quantitative estimate of drug-likeness (QED) is 0.684. The standard InChI is InChI=1S/C20H36O/c1-17(2)11-7-12-19(5)14(17)10-13-20(6)15(18(3,4)21)8-9-16(19)20/h14-16,21H,7-13H2,1-6H3/t14-,15-,16+,19-,20-/m0/s1. The Morgan fingerprint density at radius 3 is 2.10 bits per heavy atom. The maximum absolute atomic E-state index is 10.7. The van der Waals surface area contributed by atoms with Crippen molar-refractivity contribution in [3.05, 3.63) is 0 Å². The highest BCUT2D eigenvalue weighted by molar-refractivity contribution is 5.12. The lowest BCUT2D eigenvalue weighted by atomic mass is 9.43. The summed E-state index contributed by atoms with van der Waals surface area (Å²) in [6.07, 6.45) is 9.51. The van der Waals surface area contributed by atoms with Gasteiger partial charge in [-0.05, 0) is 86.4 Å². The van der Waals surface area contributed by atoms with E-state index in [1.54, 1.807) is 0 Å². The van der Waals surface area contributed by atoms with Gasteiger partial charge in [-0.15, -0.1) is 0 Å². The van der Waals surface area contributed by atoms with Crippen LogP contribution in [0.1, 0.15) is 86.5 Å². The second kappa shape index (κ2) is 4.49. The van der Waals surface area contributed by atoms with E-state index in [1.165, 1.54) is 44.9 Å². The molecule has 122 valence electrons. The molecule has 0 aromatic carbocycles. The number of hydrogen-bond acceptors (Lipinski definition) is 1. The molecule has 3 aliphatic rings. The van der Waals surface area contributed by atoms with E-state index in [4.69, 9.17) is 0 Å². The molecule has 0 radical (unpaired) electrons. The van der Waals surface area contributed by atoms with Gasteiger partial charge in [0.15, 0.2) is 0 Å². The number of hydrogen-bond donors (Lipinski definition) is 1. The van der Waals surface area contributed by atoms with Crippen molar-refractivity contribution in [1.29, 1.82) is 0 Å². The van der Waals surface area contributed by atoms with Crippen LogP contribution in [0.4, 0.5) is 0 Å². The lowest BCUT2D eigenvalue weighted by molar-refractivity contribution is -0.146. The molecule has 0 bridgehead atoms. The van der Waals surface area contributed by atoms with Crippen molar-refractivity contribution in [3.8, 4) is 0 Å². The SMILES string of the molecule is CC(C)(O)[C@@H]1CC[C@H]2[C@@]1(C)CC[C@H]1C(C)(C)CCC[C@]21C. The van der Waals surface area contributed by atoms with E-state index in [9.17, 15) is 5.11 Å². The third-order valence-corrected chi connectivity index (χ3v) is 8.23. The monoisotopic (exact) mass is 292 g/mol. The molecule has 0 aromatic rings. The fourth-order valence-corrected chi connectivity index (χ4v) is 7.59. The van der Waals surface area contributed by atoms with Crippen LogP contribution in [0.2, 0.25) is 0 Å². The van der Waals surface area contributed by atoms with Gasteiger partial charge in [0.2, 0.25) is 0 Å². The molecule has 3 saturated carbocycles. The van der Waals surface area contributed by atoms with Crippen molar-refractivity contribution < 1.29 is 5.11 Å². The number of rotatable bonds is 1. The third kappa shape index (κ3) is 2.13. The Bertz CT molecular complexity index is 418. The predicted octanol–water partition coefficient (Wildman–Crippen LogP) is 5.42. The first-order valence-corrected chi connectivity index (χ1v) is 9.24. The summed E-state index contributed by atoms with van der Waals surface area (Å²) < 4.78 is 0. The topological polar surface area (TPSA) is 20.2 Å². The molecule has 0 saturated heterocycles.